The lowest BCUT2D eigenvalue weighted by molar-refractivity contribution is -0.184. The van der Waals surface area contributed by atoms with Crippen molar-refractivity contribution in [2.45, 2.75) is 59.5 Å². The average molecular weight is 260 g/mol. The van der Waals surface area contributed by atoms with Crippen molar-refractivity contribution in [3.05, 3.63) is 34.9 Å². The Morgan fingerprint density at radius 3 is 2.11 bits per heavy atom. The molecule has 1 heterocycles. The van der Waals surface area contributed by atoms with Gasteiger partial charge in [-0.2, -0.15) is 0 Å². The molecular formula is C17H24O2. The second-order valence-electron chi connectivity index (χ2n) is 6.99. The number of hydrogen-bond donors (Lipinski definition) is 0. The lowest BCUT2D eigenvalue weighted by Crippen LogP contribution is -2.50. The highest BCUT2D eigenvalue weighted by Gasteiger charge is 2.48. The largest absolute Gasteiger partial charge is 0.459 e. The molecule has 1 aliphatic rings. The summed E-state index contributed by atoms with van der Waals surface area (Å²) < 4.78 is 5.70. The summed E-state index contributed by atoms with van der Waals surface area (Å²) in [5, 5.41) is 0. The van der Waals surface area contributed by atoms with Gasteiger partial charge in [-0.3, -0.25) is 4.79 Å². The van der Waals surface area contributed by atoms with E-state index in [0.717, 1.165) is 12.0 Å². The summed E-state index contributed by atoms with van der Waals surface area (Å²) >= 11 is 0. The number of rotatable bonds is 1. The van der Waals surface area contributed by atoms with Crippen LogP contribution in [0.2, 0.25) is 0 Å². The SMILES string of the molecule is Cc1cc(C)cc(C2CC(C)(C)C(C)(C)OC2=O)c1. The molecule has 1 unspecified atom stereocenters. The Morgan fingerprint density at radius 1 is 1.05 bits per heavy atom. The zero-order valence-corrected chi connectivity index (χ0v) is 12.8. The molecule has 1 aromatic rings. The first-order valence-corrected chi connectivity index (χ1v) is 6.93. The number of carbonyl (C=O) groups is 1. The Morgan fingerprint density at radius 2 is 1.58 bits per heavy atom. The van der Waals surface area contributed by atoms with E-state index in [1.54, 1.807) is 0 Å². The zero-order valence-electron chi connectivity index (χ0n) is 12.8. The molecule has 0 radical (unpaired) electrons. The molecule has 104 valence electrons. The Hall–Kier alpha value is -1.31. The van der Waals surface area contributed by atoms with E-state index in [1.807, 2.05) is 13.8 Å². The number of benzene rings is 1. The van der Waals surface area contributed by atoms with Crippen molar-refractivity contribution in [2.24, 2.45) is 5.41 Å². The Labute approximate surface area is 116 Å². The molecule has 0 saturated carbocycles. The number of carbonyl (C=O) groups excluding carboxylic acids is 1. The van der Waals surface area contributed by atoms with E-state index in [9.17, 15) is 4.79 Å². The second-order valence-corrected chi connectivity index (χ2v) is 6.99. The van der Waals surface area contributed by atoms with E-state index in [-0.39, 0.29) is 17.3 Å². The molecule has 1 aliphatic heterocycles. The van der Waals surface area contributed by atoms with Gasteiger partial charge in [0, 0.05) is 5.41 Å². The van der Waals surface area contributed by atoms with E-state index in [4.69, 9.17) is 4.74 Å². The molecule has 2 heteroatoms. The molecule has 0 amide bonds. The van der Waals surface area contributed by atoms with Crippen molar-refractivity contribution in [1.29, 1.82) is 0 Å². The van der Waals surface area contributed by atoms with Gasteiger partial charge in [-0.25, -0.2) is 0 Å². The monoisotopic (exact) mass is 260 g/mol. The Balaban J connectivity index is 2.38. The summed E-state index contributed by atoms with van der Waals surface area (Å²) in [6.45, 7) is 12.5. The van der Waals surface area contributed by atoms with Crippen LogP contribution in [-0.4, -0.2) is 11.6 Å². The number of ether oxygens (including phenoxy) is 1. The number of cyclic esters (lactones) is 1. The van der Waals surface area contributed by atoms with Crippen LogP contribution in [0.4, 0.5) is 0 Å². The molecule has 0 aliphatic carbocycles. The van der Waals surface area contributed by atoms with E-state index in [0.29, 0.717) is 0 Å². The number of hydrogen-bond acceptors (Lipinski definition) is 2. The van der Waals surface area contributed by atoms with Gasteiger partial charge in [0.05, 0.1) is 5.92 Å². The topological polar surface area (TPSA) is 26.3 Å². The standard InChI is InChI=1S/C17H24O2/c1-11-7-12(2)9-13(8-11)14-10-16(3,4)17(5,6)19-15(14)18/h7-9,14H,10H2,1-6H3. The van der Waals surface area contributed by atoms with Gasteiger partial charge in [0.2, 0.25) is 0 Å². The van der Waals surface area contributed by atoms with Gasteiger partial charge < -0.3 is 4.74 Å². The highest BCUT2D eigenvalue weighted by molar-refractivity contribution is 5.79. The molecule has 1 saturated heterocycles. The summed E-state index contributed by atoms with van der Waals surface area (Å²) in [6.07, 6.45) is 0.835. The molecule has 2 nitrogen and oxygen atoms in total. The fraction of sp³-hybridized carbons (Fsp3) is 0.588. The van der Waals surface area contributed by atoms with Gasteiger partial charge >= 0.3 is 5.97 Å². The first-order chi connectivity index (χ1) is 8.62. The van der Waals surface area contributed by atoms with E-state index in [1.165, 1.54) is 11.1 Å². The maximum Gasteiger partial charge on any atom is 0.313 e. The van der Waals surface area contributed by atoms with Crippen molar-refractivity contribution in [3.63, 3.8) is 0 Å². The van der Waals surface area contributed by atoms with Crippen LogP contribution < -0.4 is 0 Å². The fourth-order valence-electron chi connectivity index (χ4n) is 2.77. The molecule has 1 aromatic carbocycles. The minimum absolute atomic E-state index is 0.0246. The van der Waals surface area contributed by atoms with Gasteiger partial charge in [0.25, 0.3) is 0 Å². The van der Waals surface area contributed by atoms with Crippen LogP contribution >= 0.6 is 0 Å². The minimum Gasteiger partial charge on any atom is -0.459 e. The zero-order chi connectivity index (χ0) is 14.4. The van der Waals surface area contributed by atoms with Crippen LogP contribution in [0.25, 0.3) is 0 Å². The summed E-state index contributed by atoms with van der Waals surface area (Å²) in [4.78, 5) is 12.3. The highest BCUT2D eigenvalue weighted by Crippen LogP contribution is 2.47. The van der Waals surface area contributed by atoms with E-state index < -0.39 is 5.60 Å². The van der Waals surface area contributed by atoms with Crippen LogP contribution in [0.15, 0.2) is 18.2 Å². The summed E-state index contributed by atoms with van der Waals surface area (Å²) in [7, 11) is 0. The first-order valence-electron chi connectivity index (χ1n) is 6.93. The van der Waals surface area contributed by atoms with Crippen molar-refractivity contribution in [3.8, 4) is 0 Å². The lowest BCUT2D eigenvalue weighted by atomic mass is 9.68. The maximum absolute atomic E-state index is 12.3. The summed E-state index contributed by atoms with van der Waals surface area (Å²) in [6, 6.07) is 6.34. The number of esters is 1. The third-order valence-corrected chi connectivity index (χ3v) is 4.63. The predicted octanol–water partition coefficient (Wildman–Crippen LogP) is 4.14. The summed E-state index contributed by atoms with van der Waals surface area (Å²) in [5.41, 5.74) is 3.06. The van der Waals surface area contributed by atoms with Crippen LogP contribution in [0.1, 0.15) is 56.7 Å². The smallest absolute Gasteiger partial charge is 0.313 e. The Bertz CT molecular complexity index is 492. The van der Waals surface area contributed by atoms with Gasteiger partial charge in [-0.15, -0.1) is 0 Å². The molecular weight excluding hydrogens is 236 g/mol. The molecule has 0 spiro atoms. The van der Waals surface area contributed by atoms with Crippen LogP contribution in [0, 0.1) is 19.3 Å². The van der Waals surface area contributed by atoms with Crippen LogP contribution in [-0.2, 0) is 9.53 Å². The van der Waals surface area contributed by atoms with E-state index >= 15 is 0 Å². The predicted molar refractivity (Wildman–Crippen MR) is 77.2 cm³/mol. The molecule has 2 rings (SSSR count). The molecule has 0 bridgehead atoms. The van der Waals surface area contributed by atoms with Gasteiger partial charge in [-0.05, 0) is 39.7 Å². The quantitative estimate of drug-likeness (QED) is 0.709. The van der Waals surface area contributed by atoms with Gasteiger partial charge in [0.1, 0.15) is 5.60 Å². The van der Waals surface area contributed by atoms with E-state index in [2.05, 4.69) is 45.9 Å². The molecule has 0 aromatic heterocycles. The molecule has 0 N–H and O–H groups in total. The summed E-state index contributed by atoms with van der Waals surface area (Å²) in [5.74, 6) is -0.226. The van der Waals surface area contributed by atoms with Crippen molar-refractivity contribution in [1.82, 2.24) is 0 Å². The molecule has 1 fully saturated rings. The Kier molecular flexibility index (Phi) is 3.24. The maximum atomic E-state index is 12.3. The van der Waals surface area contributed by atoms with Crippen LogP contribution in [0.5, 0.6) is 0 Å². The highest BCUT2D eigenvalue weighted by atomic mass is 16.6. The third kappa shape index (κ3) is 2.54. The van der Waals surface area contributed by atoms with Crippen molar-refractivity contribution < 1.29 is 9.53 Å². The molecule has 1 atom stereocenters. The van der Waals surface area contributed by atoms with Gasteiger partial charge in [0.15, 0.2) is 0 Å². The van der Waals surface area contributed by atoms with Gasteiger partial charge in [-0.1, -0.05) is 43.2 Å². The average Bonchev–Trinajstić information content (AvgIpc) is 2.21. The fourth-order valence-corrected chi connectivity index (χ4v) is 2.77. The minimum atomic E-state index is -0.403. The van der Waals surface area contributed by atoms with Crippen molar-refractivity contribution in [2.75, 3.05) is 0 Å². The third-order valence-electron chi connectivity index (χ3n) is 4.63. The van der Waals surface area contributed by atoms with Crippen molar-refractivity contribution >= 4 is 5.97 Å². The lowest BCUT2D eigenvalue weighted by Gasteiger charge is -2.47. The second kappa shape index (κ2) is 4.36. The molecule has 19 heavy (non-hydrogen) atoms. The normalized spacial score (nSPS) is 24.9. The van der Waals surface area contributed by atoms with Crippen LogP contribution in [0.3, 0.4) is 0 Å². The first kappa shape index (κ1) is 14.1. The number of aryl methyl sites for hydroxylation is 2.